The third kappa shape index (κ3) is 2.44. The number of aryl methyl sites for hydroxylation is 1. The van der Waals surface area contributed by atoms with E-state index in [9.17, 15) is 10.1 Å². The van der Waals surface area contributed by atoms with E-state index in [-0.39, 0.29) is 11.7 Å². The molecule has 4 atom stereocenters. The summed E-state index contributed by atoms with van der Waals surface area (Å²) >= 11 is 0. The van der Waals surface area contributed by atoms with Crippen LogP contribution in [0.4, 0.5) is 0 Å². The first-order chi connectivity index (χ1) is 10.1. The highest BCUT2D eigenvalue weighted by molar-refractivity contribution is 5.91. The van der Waals surface area contributed by atoms with E-state index in [0.29, 0.717) is 17.6 Å². The van der Waals surface area contributed by atoms with E-state index in [1.54, 1.807) is 7.11 Å². The average molecular weight is 283 g/mol. The second kappa shape index (κ2) is 5.52. The highest BCUT2D eigenvalue weighted by Gasteiger charge is 2.45. The molecule has 2 aliphatic rings. The molecule has 110 valence electrons. The lowest BCUT2D eigenvalue weighted by Gasteiger charge is -2.23. The van der Waals surface area contributed by atoms with Crippen molar-refractivity contribution in [3.05, 3.63) is 29.3 Å². The molecule has 3 rings (SSSR count). The van der Waals surface area contributed by atoms with Gasteiger partial charge in [0.2, 0.25) is 0 Å². The third-order valence-electron chi connectivity index (χ3n) is 5.21. The number of nitriles is 1. The maximum absolute atomic E-state index is 12.9. The zero-order valence-corrected chi connectivity index (χ0v) is 12.6. The number of hydrogen-bond donors (Lipinski definition) is 0. The minimum atomic E-state index is -0.691. The van der Waals surface area contributed by atoms with Gasteiger partial charge < -0.3 is 4.74 Å². The first kappa shape index (κ1) is 14.1. The Morgan fingerprint density at radius 2 is 2.19 bits per heavy atom. The number of fused-ring (bicyclic) bond motifs is 2. The summed E-state index contributed by atoms with van der Waals surface area (Å²) in [4.78, 5) is 12.9. The van der Waals surface area contributed by atoms with E-state index < -0.39 is 5.92 Å². The van der Waals surface area contributed by atoms with Crippen molar-refractivity contribution in [3.63, 3.8) is 0 Å². The zero-order valence-electron chi connectivity index (χ0n) is 12.6. The van der Waals surface area contributed by atoms with Gasteiger partial charge in [0, 0.05) is 11.5 Å². The van der Waals surface area contributed by atoms with Crippen molar-refractivity contribution in [1.29, 1.82) is 5.26 Å². The Bertz CT molecular complexity index is 602. The Balaban J connectivity index is 1.90. The van der Waals surface area contributed by atoms with Crippen LogP contribution in [0.1, 0.15) is 42.7 Å². The fraction of sp³-hybridized carbons (Fsp3) is 0.556. The molecule has 2 bridgehead atoms. The maximum Gasteiger partial charge on any atom is 0.157 e. The minimum absolute atomic E-state index is 0.0821. The molecule has 0 radical (unpaired) electrons. The van der Waals surface area contributed by atoms with E-state index in [1.807, 2.05) is 25.1 Å². The zero-order chi connectivity index (χ0) is 15.0. The molecule has 0 spiro atoms. The number of ether oxygens (including phenoxy) is 1. The molecule has 0 heterocycles. The number of ketones is 1. The summed E-state index contributed by atoms with van der Waals surface area (Å²) in [6.07, 6.45) is 4.58. The lowest BCUT2D eigenvalue weighted by Crippen LogP contribution is -2.26. The number of carbonyl (C=O) groups is 1. The molecule has 1 aromatic carbocycles. The molecule has 2 fully saturated rings. The molecule has 3 nitrogen and oxygen atoms in total. The molecule has 21 heavy (non-hydrogen) atoms. The Kier molecular flexibility index (Phi) is 3.71. The predicted octanol–water partition coefficient (Wildman–Crippen LogP) is 3.62. The van der Waals surface area contributed by atoms with Gasteiger partial charge in [-0.05, 0) is 44.1 Å². The largest absolute Gasteiger partial charge is 0.496 e. The smallest absolute Gasteiger partial charge is 0.157 e. The molecule has 2 saturated carbocycles. The summed E-state index contributed by atoms with van der Waals surface area (Å²) in [7, 11) is 1.59. The fourth-order valence-corrected chi connectivity index (χ4v) is 4.17. The summed E-state index contributed by atoms with van der Waals surface area (Å²) in [6.45, 7) is 1.97. The predicted molar refractivity (Wildman–Crippen MR) is 80.0 cm³/mol. The van der Waals surface area contributed by atoms with E-state index in [1.165, 1.54) is 12.8 Å². The second-order valence-electron chi connectivity index (χ2n) is 6.49. The Morgan fingerprint density at radius 1 is 1.38 bits per heavy atom. The molecule has 1 aromatic rings. The minimum Gasteiger partial charge on any atom is -0.496 e. The standard InChI is InChI=1S/C18H21NO2/c1-11-3-6-17(21-2)15(7-11)16(10-19)18(20)14-9-12-4-5-13(14)8-12/h3,6-7,12-14,16H,4-5,8-9H2,1-2H3. The SMILES string of the molecule is COc1ccc(C)cc1C(C#N)C(=O)C1CC2CCC1C2. The molecule has 0 amide bonds. The molecule has 2 aliphatic carbocycles. The average Bonchev–Trinajstić information content (AvgIpc) is 3.11. The molecule has 0 aromatic heterocycles. The second-order valence-corrected chi connectivity index (χ2v) is 6.49. The number of carbonyl (C=O) groups excluding carboxylic acids is 1. The van der Waals surface area contributed by atoms with Gasteiger partial charge in [-0.25, -0.2) is 0 Å². The van der Waals surface area contributed by atoms with Crippen LogP contribution in [-0.2, 0) is 4.79 Å². The number of methoxy groups -OCH3 is 1. The van der Waals surface area contributed by atoms with Crippen molar-refractivity contribution >= 4 is 5.78 Å². The Labute approximate surface area is 125 Å². The number of Topliss-reactive ketones (excluding diaryl/α,β-unsaturated/α-hetero) is 1. The topological polar surface area (TPSA) is 50.1 Å². The van der Waals surface area contributed by atoms with E-state index in [2.05, 4.69) is 6.07 Å². The summed E-state index contributed by atoms with van der Waals surface area (Å²) < 4.78 is 5.35. The highest BCUT2D eigenvalue weighted by atomic mass is 16.5. The molecular formula is C18H21NO2. The van der Waals surface area contributed by atoms with Crippen LogP contribution >= 0.6 is 0 Å². The van der Waals surface area contributed by atoms with Gasteiger partial charge in [-0.1, -0.05) is 24.1 Å². The summed E-state index contributed by atoms with van der Waals surface area (Å²) in [5, 5.41) is 9.56. The van der Waals surface area contributed by atoms with Crippen LogP contribution in [0, 0.1) is 36.0 Å². The molecule has 0 saturated heterocycles. The van der Waals surface area contributed by atoms with Crippen LogP contribution in [0.15, 0.2) is 18.2 Å². The van der Waals surface area contributed by atoms with Crippen molar-refractivity contribution in [1.82, 2.24) is 0 Å². The van der Waals surface area contributed by atoms with Crippen LogP contribution in [-0.4, -0.2) is 12.9 Å². The Hall–Kier alpha value is -1.82. The van der Waals surface area contributed by atoms with Crippen LogP contribution in [0.5, 0.6) is 5.75 Å². The monoisotopic (exact) mass is 283 g/mol. The lowest BCUT2D eigenvalue weighted by molar-refractivity contribution is -0.124. The number of nitrogens with zero attached hydrogens (tertiary/aromatic N) is 1. The summed E-state index contributed by atoms with van der Waals surface area (Å²) in [5.74, 6) is 1.36. The quantitative estimate of drug-likeness (QED) is 0.848. The summed E-state index contributed by atoms with van der Waals surface area (Å²) in [6, 6.07) is 7.93. The van der Waals surface area contributed by atoms with Gasteiger partial charge in [-0.2, -0.15) is 5.26 Å². The van der Waals surface area contributed by atoms with Gasteiger partial charge in [-0.15, -0.1) is 0 Å². The van der Waals surface area contributed by atoms with Crippen LogP contribution in [0.25, 0.3) is 0 Å². The third-order valence-corrected chi connectivity index (χ3v) is 5.21. The van der Waals surface area contributed by atoms with Crippen LogP contribution in [0.2, 0.25) is 0 Å². The lowest BCUT2D eigenvalue weighted by atomic mass is 9.79. The van der Waals surface area contributed by atoms with E-state index in [0.717, 1.165) is 24.0 Å². The van der Waals surface area contributed by atoms with E-state index in [4.69, 9.17) is 4.74 Å². The molecular weight excluding hydrogens is 262 g/mol. The highest BCUT2D eigenvalue weighted by Crippen LogP contribution is 2.50. The first-order valence-electron chi connectivity index (χ1n) is 7.72. The van der Waals surface area contributed by atoms with Crippen LogP contribution < -0.4 is 4.74 Å². The van der Waals surface area contributed by atoms with Crippen molar-refractivity contribution in [3.8, 4) is 11.8 Å². The van der Waals surface area contributed by atoms with Gasteiger partial charge in [0.05, 0.1) is 13.2 Å². The molecule has 3 heteroatoms. The van der Waals surface area contributed by atoms with Gasteiger partial charge >= 0.3 is 0 Å². The van der Waals surface area contributed by atoms with Crippen molar-refractivity contribution < 1.29 is 9.53 Å². The number of rotatable bonds is 4. The van der Waals surface area contributed by atoms with Gasteiger partial charge in [0.25, 0.3) is 0 Å². The van der Waals surface area contributed by atoms with Crippen LogP contribution in [0.3, 0.4) is 0 Å². The summed E-state index contributed by atoms with van der Waals surface area (Å²) in [5.41, 5.74) is 1.78. The molecule has 0 aliphatic heterocycles. The van der Waals surface area contributed by atoms with E-state index >= 15 is 0 Å². The fourth-order valence-electron chi connectivity index (χ4n) is 4.17. The number of benzene rings is 1. The number of hydrogen-bond acceptors (Lipinski definition) is 3. The van der Waals surface area contributed by atoms with Crippen molar-refractivity contribution in [2.75, 3.05) is 7.11 Å². The maximum atomic E-state index is 12.9. The van der Waals surface area contributed by atoms with Crippen molar-refractivity contribution in [2.45, 2.75) is 38.5 Å². The normalized spacial score (nSPS) is 28.1. The van der Waals surface area contributed by atoms with Gasteiger partial charge in [-0.3, -0.25) is 4.79 Å². The van der Waals surface area contributed by atoms with Crippen molar-refractivity contribution in [2.24, 2.45) is 17.8 Å². The molecule has 4 unspecified atom stereocenters. The molecule has 0 N–H and O–H groups in total. The first-order valence-corrected chi connectivity index (χ1v) is 7.72. The van der Waals surface area contributed by atoms with Gasteiger partial charge in [0.1, 0.15) is 11.7 Å². The van der Waals surface area contributed by atoms with Gasteiger partial charge in [0.15, 0.2) is 5.78 Å². The Morgan fingerprint density at radius 3 is 2.76 bits per heavy atom.